The summed E-state index contributed by atoms with van der Waals surface area (Å²) in [5, 5.41) is 4.83. The van der Waals surface area contributed by atoms with Gasteiger partial charge in [-0.3, -0.25) is 0 Å². The molecule has 0 saturated carbocycles. The van der Waals surface area contributed by atoms with E-state index in [-0.39, 0.29) is 0 Å². The van der Waals surface area contributed by atoms with E-state index in [4.69, 9.17) is 23.2 Å². The van der Waals surface area contributed by atoms with Crippen molar-refractivity contribution < 1.29 is 0 Å². The summed E-state index contributed by atoms with van der Waals surface area (Å²) >= 11 is 12.1. The summed E-state index contributed by atoms with van der Waals surface area (Å²) in [4.78, 5) is 0. The molecule has 1 nitrogen and oxygen atoms in total. The van der Waals surface area contributed by atoms with Crippen LogP contribution in [0.1, 0.15) is 19.4 Å². The molecule has 0 fully saturated rings. The van der Waals surface area contributed by atoms with E-state index in [1.54, 1.807) is 0 Å². The fraction of sp³-hybridized carbons (Fsp3) is 0.500. The van der Waals surface area contributed by atoms with Crippen molar-refractivity contribution in [3.63, 3.8) is 0 Å². The van der Waals surface area contributed by atoms with Crippen molar-refractivity contribution in [3.8, 4) is 0 Å². The predicted molar refractivity (Wildman–Crippen MR) is 67.9 cm³/mol. The summed E-state index contributed by atoms with van der Waals surface area (Å²) in [6.07, 6.45) is 0.910. The smallest absolute Gasteiger partial charge is 0.0439 e. The van der Waals surface area contributed by atoms with Crippen LogP contribution in [0.5, 0.6) is 0 Å². The van der Waals surface area contributed by atoms with Crippen molar-refractivity contribution in [2.45, 2.75) is 26.3 Å². The molecule has 0 aliphatic carbocycles. The van der Waals surface area contributed by atoms with Gasteiger partial charge in [0.15, 0.2) is 0 Å². The largest absolute Gasteiger partial charge is 0.316 e. The SMILES string of the molecule is CNC(Cc1cc(Cl)ccc1Cl)C(C)C. The monoisotopic (exact) mass is 245 g/mol. The lowest BCUT2D eigenvalue weighted by Gasteiger charge is -2.20. The molecule has 1 unspecified atom stereocenters. The summed E-state index contributed by atoms with van der Waals surface area (Å²) < 4.78 is 0. The second-order valence-electron chi connectivity index (χ2n) is 4.08. The number of rotatable bonds is 4. The molecule has 1 atom stereocenters. The van der Waals surface area contributed by atoms with E-state index >= 15 is 0 Å². The first-order valence-electron chi connectivity index (χ1n) is 5.15. The Balaban J connectivity index is 2.82. The van der Waals surface area contributed by atoms with Crippen molar-refractivity contribution in [2.24, 2.45) is 5.92 Å². The first-order valence-corrected chi connectivity index (χ1v) is 5.91. The quantitative estimate of drug-likeness (QED) is 0.852. The zero-order valence-corrected chi connectivity index (χ0v) is 10.9. The lowest BCUT2D eigenvalue weighted by molar-refractivity contribution is 0.424. The van der Waals surface area contributed by atoms with Gasteiger partial charge in [-0.25, -0.2) is 0 Å². The van der Waals surface area contributed by atoms with Crippen LogP contribution in [0.3, 0.4) is 0 Å². The van der Waals surface area contributed by atoms with Crippen LogP contribution in [0.4, 0.5) is 0 Å². The van der Waals surface area contributed by atoms with Gasteiger partial charge >= 0.3 is 0 Å². The lowest BCUT2D eigenvalue weighted by atomic mass is 9.96. The fourth-order valence-electron chi connectivity index (χ4n) is 1.61. The Bertz CT molecular complexity index is 323. The minimum absolute atomic E-state index is 0.431. The zero-order chi connectivity index (χ0) is 11.4. The van der Waals surface area contributed by atoms with E-state index in [1.807, 2.05) is 25.2 Å². The van der Waals surface area contributed by atoms with Crippen molar-refractivity contribution in [3.05, 3.63) is 33.8 Å². The van der Waals surface area contributed by atoms with Crippen LogP contribution in [0, 0.1) is 5.92 Å². The van der Waals surface area contributed by atoms with Gasteiger partial charge in [0, 0.05) is 16.1 Å². The summed E-state index contributed by atoms with van der Waals surface area (Å²) in [6, 6.07) is 6.04. The molecule has 3 heteroatoms. The molecule has 0 aromatic heterocycles. The van der Waals surface area contributed by atoms with Crippen LogP contribution < -0.4 is 5.32 Å². The predicted octanol–water partition coefficient (Wildman–Crippen LogP) is 3.78. The summed E-state index contributed by atoms with van der Waals surface area (Å²) in [5.41, 5.74) is 1.11. The lowest BCUT2D eigenvalue weighted by Crippen LogP contribution is -2.32. The molecule has 84 valence electrons. The molecule has 1 N–H and O–H groups in total. The van der Waals surface area contributed by atoms with Gasteiger partial charge in [-0.15, -0.1) is 0 Å². The van der Waals surface area contributed by atoms with E-state index < -0.39 is 0 Å². The highest BCUT2D eigenvalue weighted by molar-refractivity contribution is 6.33. The standard InChI is InChI=1S/C12H17Cl2N/c1-8(2)12(15-3)7-9-6-10(13)4-5-11(9)14/h4-6,8,12,15H,7H2,1-3H3. The molecule has 1 aromatic rings. The molecule has 1 aromatic carbocycles. The van der Waals surface area contributed by atoms with Crippen molar-refractivity contribution in [1.82, 2.24) is 5.32 Å². The number of likely N-dealkylation sites (N-methyl/N-ethyl adjacent to an activating group) is 1. The van der Waals surface area contributed by atoms with Gasteiger partial charge in [0.1, 0.15) is 0 Å². The highest BCUT2D eigenvalue weighted by Gasteiger charge is 2.13. The number of nitrogens with one attached hydrogen (secondary N) is 1. The Morgan fingerprint density at radius 2 is 1.93 bits per heavy atom. The molecule has 15 heavy (non-hydrogen) atoms. The molecule has 0 aliphatic heterocycles. The fourth-order valence-corrected chi connectivity index (χ4v) is 2.00. The van der Waals surface area contributed by atoms with Gasteiger partial charge in [-0.1, -0.05) is 37.0 Å². The van der Waals surface area contributed by atoms with Gasteiger partial charge < -0.3 is 5.32 Å². The Hall–Kier alpha value is -0.240. The summed E-state index contributed by atoms with van der Waals surface area (Å²) in [7, 11) is 1.98. The van der Waals surface area contributed by atoms with Crippen LogP contribution in [-0.2, 0) is 6.42 Å². The van der Waals surface area contributed by atoms with E-state index in [1.165, 1.54) is 0 Å². The maximum atomic E-state index is 6.12. The molecule has 0 spiro atoms. The van der Waals surface area contributed by atoms with E-state index in [2.05, 4.69) is 19.2 Å². The Morgan fingerprint density at radius 1 is 1.27 bits per heavy atom. The summed E-state index contributed by atoms with van der Waals surface area (Å²) in [5.74, 6) is 0.574. The van der Waals surface area contributed by atoms with Gasteiger partial charge in [-0.05, 0) is 43.1 Å². The second kappa shape index (κ2) is 5.74. The van der Waals surface area contributed by atoms with Crippen molar-refractivity contribution in [1.29, 1.82) is 0 Å². The highest BCUT2D eigenvalue weighted by Crippen LogP contribution is 2.23. The first kappa shape index (κ1) is 12.8. The number of halogens is 2. The number of benzene rings is 1. The van der Waals surface area contributed by atoms with E-state index in [9.17, 15) is 0 Å². The minimum atomic E-state index is 0.431. The molecule has 0 aliphatic rings. The van der Waals surface area contributed by atoms with Crippen LogP contribution in [0.15, 0.2) is 18.2 Å². The van der Waals surface area contributed by atoms with Crippen LogP contribution >= 0.6 is 23.2 Å². The van der Waals surface area contributed by atoms with Gasteiger partial charge in [0.2, 0.25) is 0 Å². The van der Waals surface area contributed by atoms with Crippen LogP contribution in [0.25, 0.3) is 0 Å². The highest BCUT2D eigenvalue weighted by atomic mass is 35.5. The Morgan fingerprint density at radius 3 is 2.47 bits per heavy atom. The van der Waals surface area contributed by atoms with Gasteiger partial charge in [0.05, 0.1) is 0 Å². The van der Waals surface area contributed by atoms with Crippen LogP contribution in [0.2, 0.25) is 10.0 Å². The molecular formula is C12H17Cl2N. The second-order valence-corrected chi connectivity index (χ2v) is 4.92. The number of hydrogen-bond donors (Lipinski definition) is 1. The van der Waals surface area contributed by atoms with Gasteiger partial charge in [0.25, 0.3) is 0 Å². The van der Waals surface area contributed by atoms with E-state index in [0.717, 1.165) is 22.0 Å². The molecular weight excluding hydrogens is 229 g/mol. The van der Waals surface area contributed by atoms with Crippen molar-refractivity contribution in [2.75, 3.05) is 7.05 Å². The molecule has 0 saturated heterocycles. The van der Waals surface area contributed by atoms with Crippen molar-refractivity contribution >= 4 is 23.2 Å². The van der Waals surface area contributed by atoms with Gasteiger partial charge in [-0.2, -0.15) is 0 Å². The minimum Gasteiger partial charge on any atom is -0.316 e. The van der Waals surface area contributed by atoms with E-state index in [0.29, 0.717) is 12.0 Å². The molecule has 0 radical (unpaired) electrons. The third-order valence-electron chi connectivity index (χ3n) is 2.62. The average Bonchev–Trinajstić information content (AvgIpc) is 2.18. The topological polar surface area (TPSA) is 12.0 Å². The Kier molecular flexibility index (Phi) is 4.91. The normalized spacial score (nSPS) is 13.2. The molecule has 0 bridgehead atoms. The molecule has 0 amide bonds. The maximum Gasteiger partial charge on any atom is 0.0439 e. The Labute approximate surface area is 102 Å². The third kappa shape index (κ3) is 3.67. The zero-order valence-electron chi connectivity index (χ0n) is 9.35. The number of hydrogen-bond acceptors (Lipinski definition) is 1. The first-order chi connectivity index (χ1) is 7.04. The molecule has 0 heterocycles. The average molecular weight is 246 g/mol. The summed E-state index contributed by atoms with van der Waals surface area (Å²) in [6.45, 7) is 4.39. The van der Waals surface area contributed by atoms with Crippen LogP contribution in [-0.4, -0.2) is 13.1 Å². The third-order valence-corrected chi connectivity index (χ3v) is 3.23. The maximum absolute atomic E-state index is 6.12. The molecule has 1 rings (SSSR count).